The number of carboxylic acid groups (broad SMARTS) is 1. The van der Waals surface area contributed by atoms with Crippen LogP contribution in [0, 0.1) is 0 Å². The molecular weight excluding hydrogens is 468 g/mol. The van der Waals surface area contributed by atoms with Gasteiger partial charge in [0, 0.05) is 7.11 Å². The monoisotopic (exact) mass is 498 g/mol. The molecule has 34 heavy (non-hydrogen) atoms. The number of rotatable bonds is 7. The number of hydrogen-bond acceptors (Lipinski definition) is 14. The lowest BCUT2D eigenvalue weighted by molar-refractivity contribution is -0.342. The third kappa shape index (κ3) is 4.81. The van der Waals surface area contributed by atoms with Crippen LogP contribution >= 0.6 is 0 Å². The Balaban J connectivity index is 1.40. The summed E-state index contributed by atoms with van der Waals surface area (Å²) in [5.74, 6) is -1.59. The van der Waals surface area contributed by atoms with Gasteiger partial charge in [-0.3, -0.25) is 0 Å². The Morgan fingerprint density at radius 1 is 0.794 bits per heavy atom. The molecule has 196 valence electrons. The molecule has 15 atom stereocenters. The highest BCUT2D eigenvalue weighted by Gasteiger charge is 2.58. The average Bonchev–Trinajstić information content (AvgIpc) is 3.56. The van der Waals surface area contributed by atoms with Crippen molar-refractivity contribution in [3.63, 3.8) is 0 Å². The van der Waals surface area contributed by atoms with Crippen LogP contribution in [0.1, 0.15) is 6.92 Å². The molecule has 0 aromatic rings. The smallest absolute Gasteiger partial charge is 0.335 e. The molecule has 4 heterocycles. The predicted octanol–water partition coefficient (Wildman–Crippen LogP) is -4.75. The van der Waals surface area contributed by atoms with Crippen molar-refractivity contribution < 1.29 is 73.7 Å². The average molecular weight is 498 g/mol. The Morgan fingerprint density at radius 3 is 2.09 bits per heavy atom. The van der Waals surface area contributed by atoms with Crippen LogP contribution in [0.2, 0.25) is 0 Å². The van der Waals surface area contributed by atoms with Crippen molar-refractivity contribution in [2.45, 2.75) is 99.0 Å². The molecule has 0 amide bonds. The van der Waals surface area contributed by atoms with E-state index in [1.165, 1.54) is 7.11 Å². The summed E-state index contributed by atoms with van der Waals surface area (Å²) in [5, 5.41) is 69.9. The molecule has 4 fully saturated rings. The van der Waals surface area contributed by atoms with Crippen LogP contribution in [0.5, 0.6) is 0 Å². The maximum atomic E-state index is 11.2. The third-order valence-electron chi connectivity index (χ3n) is 6.41. The van der Waals surface area contributed by atoms with Crippen LogP contribution < -0.4 is 0 Å². The van der Waals surface area contributed by atoms with Crippen molar-refractivity contribution in [3.8, 4) is 0 Å². The minimum atomic E-state index is -1.90. The summed E-state index contributed by atoms with van der Waals surface area (Å²) < 4.78 is 38.1. The first-order chi connectivity index (χ1) is 16.0. The number of hydrogen-bond donors (Lipinski definition) is 7. The molecular formula is C19H30O15. The number of aliphatic hydroxyl groups excluding tert-OH is 6. The van der Waals surface area contributed by atoms with Crippen molar-refractivity contribution in [2.75, 3.05) is 13.7 Å². The summed E-state index contributed by atoms with van der Waals surface area (Å²) in [6.45, 7) is 1.13. The van der Waals surface area contributed by atoms with Crippen molar-refractivity contribution in [3.05, 3.63) is 0 Å². The largest absolute Gasteiger partial charge is 0.479 e. The fraction of sp³-hybridized carbons (Fsp3) is 0.947. The van der Waals surface area contributed by atoms with E-state index in [9.17, 15) is 35.4 Å². The molecule has 4 aliphatic heterocycles. The minimum absolute atomic E-state index is 0.365. The van der Waals surface area contributed by atoms with E-state index in [1.54, 1.807) is 6.92 Å². The number of ether oxygens (including phenoxy) is 7. The van der Waals surface area contributed by atoms with Gasteiger partial charge in [0.2, 0.25) is 0 Å². The van der Waals surface area contributed by atoms with E-state index in [0.717, 1.165) is 0 Å². The van der Waals surface area contributed by atoms with Crippen LogP contribution in [0.15, 0.2) is 0 Å². The normalized spacial score (nSPS) is 53.2. The summed E-state index contributed by atoms with van der Waals surface area (Å²) >= 11 is 0. The fourth-order valence-corrected chi connectivity index (χ4v) is 4.35. The van der Waals surface area contributed by atoms with Crippen molar-refractivity contribution in [2.24, 2.45) is 0 Å². The van der Waals surface area contributed by atoms with E-state index >= 15 is 0 Å². The molecule has 7 unspecified atom stereocenters. The summed E-state index contributed by atoms with van der Waals surface area (Å²) in [4.78, 5) is 11.2. The molecule has 0 radical (unpaired) electrons. The highest BCUT2D eigenvalue weighted by atomic mass is 16.8. The lowest BCUT2D eigenvalue weighted by Crippen LogP contribution is -2.63. The Labute approximate surface area is 193 Å². The van der Waals surface area contributed by atoms with Crippen LogP contribution in [0.25, 0.3) is 0 Å². The standard InChI is InChI=1S/C19H30O15/c1-4-12(14(28-2)15-19(30-4)34-15)32-18-11(25)7(21)6(20)5(31-18)3-29-17-10(24)8(22)9(23)13(33-17)16(26)27/h4-15,17-25H,3H2,1-2H3,(H,26,27)/t4?,5?,6-,7?,8+,9+,10?,11+,12-,13?,14?,15-,17+,18-,19?/m1/s1. The summed E-state index contributed by atoms with van der Waals surface area (Å²) in [6.07, 6.45) is -19.6. The number of aliphatic carboxylic acids is 1. The van der Waals surface area contributed by atoms with Crippen LogP contribution in [-0.4, -0.2) is 148 Å². The lowest BCUT2D eigenvalue weighted by Gasteiger charge is -2.44. The molecule has 0 saturated carbocycles. The highest BCUT2D eigenvalue weighted by Crippen LogP contribution is 2.39. The lowest BCUT2D eigenvalue weighted by atomic mass is 9.97. The first kappa shape index (κ1) is 26.0. The predicted molar refractivity (Wildman–Crippen MR) is 102 cm³/mol. The van der Waals surface area contributed by atoms with Gasteiger partial charge in [-0.15, -0.1) is 0 Å². The third-order valence-corrected chi connectivity index (χ3v) is 6.41. The van der Waals surface area contributed by atoms with Gasteiger partial charge >= 0.3 is 5.97 Å². The van der Waals surface area contributed by atoms with Crippen LogP contribution in [0.4, 0.5) is 0 Å². The molecule has 0 aromatic heterocycles. The minimum Gasteiger partial charge on any atom is -0.479 e. The molecule has 4 aliphatic rings. The summed E-state index contributed by atoms with van der Waals surface area (Å²) in [7, 11) is 1.45. The number of methoxy groups -OCH3 is 1. The number of carboxylic acids is 1. The molecule has 15 nitrogen and oxygen atoms in total. The second-order valence-corrected chi connectivity index (χ2v) is 8.69. The van der Waals surface area contributed by atoms with E-state index < -0.39 is 98.6 Å². The zero-order valence-electron chi connectivity index (χ0n) is 18.3. The van der Waals surface area contributed by atoms with Gasteiger partial charge in [0.1, 0.15) is 61.0 Å². The Hall–Kier alpha value is -1.05. The Kier molecular flexibility index (Phi) is 7.76. The topological polar surface area (TPSA) is 227 Å². The summed E-state index contributed by atoms with van der Waals surface area (Å²) in [5.41, 5.74) is 0. The van der Waals surface area contributed by atoms with Gasteiger partial charge < -0.3 is 68.9 Å². The molecule has 0 aliphatic carbocycles. The van der Waals surface area contributed by atoms with Crippen molar-refractivity contribution in [1.82, 2.24) is 0 Å². The highest BCUT2D eigenvalue weighted by molar-refractivity contribution is 5.73. The number of epoxide rings is 1. The molecule has 15 heteroatoms. The number of carbonyl (C=O) groups is 1. The van der Waals surface area contributed by atoms with Crippen LogP contribution in [-0.2, 0) is 38.0 Å². The molecule has 0 aromatic carbocycles. The SMILES string of the molecule is COC1[C@H](O[C@H]2OC(CO[C@H]3OC(C(=O)O)[C@@H](O)[C@H](O)C3O)[C@@H](O)C(O)[C@@H]2O)C(C)OC2O[C@@H]21. The Bertz CT molecular complexity index is 724. The molecule has 0 bridgehead atoms. The molecule has 4 saturated heterocycles. The fourth-order valence-electron chi connectivity index (χ4n) is 4.35. The molecule has 4 rings (SSSR count). The van der Waals surface area contributed by atoms with Gasteiger partial charge in [-0.05, 0) is 6.92 Å². The maximum absolute atomic E-state index is 11.2. The Morgan fingerprint density at radius 2 is 1.44 bits per heavy atom. The van der Waals surface area contributed by atoms with E-state index in [-0.39, 0.29) is 6.10 Å². The van der Waals surface area contributed by atoms with Gasteiger partial charge in [0.05, 0.1) is 12.7 Å². The van der Waals surface area contributed by atoms with E-state index in [0.29, 0.717) is 0 Å². The van der Waals surface area contributed by atoms with Gasteiger partial charge in [0.15, 0.2) is 25.0 Å². The second kappa shape index (κ2) is 10.1. The van der Waals surface area contributed by atoms with E-state index in [1.807, 2.05) is 0 Å². The second-order valence-electron chi connectivity index (χ2n) is 8.69. The van der Waals surface area contributed by atoms with Crippen molar-refractivity contribution in [1.29, 1.82) is 0 Å². The number of aliphatic hydroxyl groups is 6. The van der Waals surface area contributed by atoms with Crippen LogP contribution in [0.3, 0.4) is 0 Å². The van der Waals surface area contributed by atoms with Crippen molar-refractivity contribution >= 4 is 5.97 Å². The van der Waals surface area contributed by atoms with Gasteiger partial charge in [-0.25, -0.2) is 4.79 Å². The van der Waals surface area contributed by atoms with Gasteiger partial charge in [-0.2, -0.15) is 0 Å². The van der Waals surface area contributed by atoms with E-state index in [4.69, 9.17) is 38.3 Å². The van der Waals surface area contributed by atoms with Gasteiger partial charge in [0.25, 0.3) is 0 Å². The number of fused-ring (bicyclic) bond motifs is 1. The summed E-state index contributed by atoms with van der Waals surface area (Å²) in [6, 6.07) is 0. The molecule has 0 spiro atoms. The first-order valence-electron chi connectivity index (χ1n) is 10.8. The molecule has 7 N–H and O–H groups in total. The maximum Gasteiger partial charge on any atom is 0.335 e. The first-order valence-corrected chi connectivity index (χ1v) is 10.8. The zero-order chi connectivity index (χ0) is 24.9. The zero-order valence-corrected chi connectivity index (χ0v) is 18.3. The quantitative estimate of drug-likeness (QED) is 0.164. The van der Waals surface area contributed by atoms with Gasteiger partial charge in [-0.1, -0.05) is 0 Å². The van der Waals surface area contributed by atoms with E-state index in [2.05, 4.69) is 0 Å².